The van der Waals surface area contributed by atoms with Crippen LogP contribution in [0.25, 0.3) is 0 Å². The minimum absolute atomic E-state index is 0.276. The highest BCUT2D eigenvalue weighted by Crippen LogP contribution is 2.21. The van der Waals surface area contributed by atoms with Gasteiger partial charge in [-0.25, -0.2) is 0 Å². The molecule has 0 saturated carbocycles. The highest BCUT2D eigenvalue weighted by molar-refractivity contribution is 5.30. The molecular formula is C16H27NO. The van der Waals surface area contributed by atoms with Gasteiger partial charge in [0, 0.05) is 12.1 Å². The quantitative estimate of drug-likeness (QED) is 0.777. The summed E-state index contributed by atoms with van der Waals surface area (Å²) in [6.45, 7) is 10.9. The fraction of sp³-hybridized carbons (Fsp3) is 0.625. The molecule has 1 aromatic carbocycles. The summed E-state index contributed by atoms with van der Waals surface area (Å²) in [5.74, 6) is 0.972. The van der Waals surface area contributed by atoms with Crippen LogP contribution in [0, 0.1) is 0 Å². The van der Waals surface area contributed by atoms with E-state index in [9.17, 15) is 0 Å². The first-order valence-electron chi connectivity index (χ1n) is 7.09. The lowest BCUT2D eigenvalue weighted by atomic mass is 10.1. The van der Waals surface area contributed by atoms with Gasteiger partial charge in [-0.05, 0) is 51.3 Å². The molecule has 0 radical (unpaired) electrons. The first kappa shape index (κ1) is 15.0. The SMILES string of the molecule is CCC(C)NC(C)c1cccc(OC(C)CC)c1. The van der Waals surface area contributed by atoms with E-state index in [1.165, 1.54) is 5.56 Å². The molecule has 102 valence electrons. The van der Waals surface area contributed by atoms with Crippen LogP contribution in [0.4, 0.5) is 0 Å². The van der Waals surface area contributed by atoms with Crippen molar-refractivity contribution in [2.24, 2.45) is 0 Å². The molecule has 1 N–H and O–H groups in total. The van der Waals surface area contributed by atoms with E-state index in [0.29, 0.717) is 12.1 Å². The van der Waals surface area contributed by atoms with E-state index < -0.39 is 0 Å². The van der Waals surface area contributed by atoms with Crippen molar-refractivity contribution in [2.45, 2.75) is 65.6 Å². The second-order valence-electron chi connectivity index (χ2n) is 5.11. The molecule has 0 aromatic heterocycles. The van der Waals surface area contributed by atoms with E-state index in [0.717, 1.165) is 18.6 Å². The van der Waals surface area contributed by atoms with Crippen LogP contribution in [0.15, 0.2) is 24.3 Å². The number of hydrogen-bond donors (Lipinski definition) is 1. The molecule has 0 fully saturated rings. The molecule has 2 nitrogen and oxygen atoms in total. The van der Waals surface area contributed by atoms with E-state index in [1.807, 2.05) is 6.07 Å². The Kier molecular flexibility index (Phi) is 6.20. The number of rotatable bonds is 7. The van der Waals surface area contributed by atoms with Gasteiger partial charge in [0.15, 0.2) is 0 Å². The summed E-state index contributed by atoms with van der Waals surface area (Å²) in [7, 11) is 0. The Morgan fingerprint density at radius 3 is 2.44 bits per heavy atom. The van der Waals surface area contributed by atoms with Crippen LogP contribution >= 0.6 is 0 Å². The van der Waals surface area contributed by atoms with Crippen LogP contribution in [-0.4, -0.2) is 12.1 Å². The molecule has 0 amide bonds. The molecule has 0 aliphatic rings. The summed E-state index contributed by atoms with van der Waals surface area (Å²) in [5.41, 5.74) is 1.29. The summed E-state index contributed by atoms with van der Waals surface area (Å²) in [5, 5.41) is 3.58. The summed E-state index contributed by atoms with van der Waals surface area (Å²) in [6, 6.07) is 9.31. The lowest BCUT2D eigenvalue weighted by Gasteiger charge is -2.20. The minimum atomic E-state index is 0.276. The zero-order chi connectivity index (χ0) is 13.5. The zero-order valence-corrected chi connectivity index (χ0v) is 12.4. The van der Waals surface area contributed by atoms with Crippen molar-refractivity contribution in [3.05, 3.63) is 29.8 Å². The van der Waals surface area contributed by atoms with Gasteiger partial charge in [0.25, 0.3) is 0 Å². The second kappa shape index (κ2) is 7.42. The van der Waals surface area contributed by atoms with Crippen LogP contribution in [0.3, 0.4) is 0 Å². The van der Waals surface area contributed by atoms with Crippen molar-refractivity contribution in [1.29, 1.82) is 0 Å². The average molecular weight is 249 g/mol. The molecule has 0 aliphatic carbocycles. The molecule has 3 atom stereocenters. The third-order valence-corrected chi connectivity index (χ3v) is 3.42. The van der Waals surface area contributed by atoms with Gasteiger partial charge < -0.3 is 10.1 Å². The van der Waals surface area contributed by atoms with Crippen molar-refractivity contribution in [2.75, 3.05) is 0 Å². The summed E-state index contributed by atoms with van der Waals surface area (Å²) < 4.78 is 5.86. The van der Waals surface area contributed by atoms with Gasteiger partial charge in [0.05, 0.1) is 6.10 Å². The van der Waals surface area contributed by atoms with E-state index in [1.54, 1.807) is 0 Å². The maximum Gasteiger partial charge on any atom is 0.120 e. The molecule has 0 aliphatic heterocycles. The Balaban J connectivity index is 2.68. The first-order chi connectivity index (χ1) is 8.56. The maximum atomic E-state index is 5.86. The van der Waals surface area contributed by atoms with Crippen molar-refractivity contribution >= 4 is 0 Å². The van der Waals surface area contributed by atoms with E-state index in [2.05, 4.69) is 58.1 Å². The minimum Gasteiger partial charge on any atom is -0.491 e. The third-order valence-electron chi connectivity index (χ3n) is 3.42. The van der Waals surface area contributed by atoms with E-state index >= 15 is 0 Å². The van der Waals surface area contributed by atoms with Crippen LogP contribution in [-0.2, 0) is 0 Å². The molecule has 0 saturated heterocycles. The summed E-state index contributed by atoms with van der Waals surface area (Å²) in [4.78, 5) is 0. The number of benzene rings is 1. The summed E-state index contributed by atoms with van der Waals surface area (Å²) in [6.07, 6.45) is 2.45. The lowest BCUT2D eigenvalue weighted by molar-refractivity contribution is 0.217. The van der Waals surface area contributed by atoms with Crippen molar-refractivity contribution < 1.29 is 4.74 Å². The first-order valence-corrected chi connectivity index (χ1v) is 7.09. The van der Waals surface area contributed by atoms with Crippen molar-refractivity contribution in [3.8, 4) is 5.75 Å². The number of hydrogen-bond acceptors (Lipinski definition) is 2. The van der Waals surface area contributed by atoms with E-state index in [-0.39, 0.29) is 6.10 Å². The van der Waals surface area contributed by atoms with E-state index in [4.69, 9.17) is 4.74 Å². The standard InChI is InChI=1S/C16H27NO/c1-6-12(3)17-14(5)15-9-8-10-16(11-15)18-13(4)7-2/h8-14,17H,6-7H2,1-5H3. The Morgan fingerprint density at radius 2 is 1.83 bits per heavy atom. The molecule has 18 heavy (non-hydrogen) atoms. The van der Waals surface area contributed by atoms with Crippen LogP contribution < -0.4 is 10.1 Å². The van der Waals surface area contributed by atoms with Gasteiger partial charge in [0.2, 0.25) is 0 Å². The Morgan fingerprint density at radius 1 is 1.11 bits per heavy atom. The maximum absolute atomic E-state index is 5.86. The second-order valence-corrected chi connectivity index (χ2v) is 5.11. The van der Waals surface area contributed by atoms with Crippen molar-refractivity contribution in [1.82, 2.24) is 5.32 Å². The third kappa shape index (κ3) is 4.69. The van der Waals surface area contributed by atoms with Crippen LogP contribution in [0.1, 0.15) is 59.1 Å². The Bertz CT molecular complexity index is 351. The zero-order valence-electron chi connectivity index (χ0n) is 12.4. The smallest absolute Gasteiger partial charge is 0.120 e. The average Bonchev–Trinajstić information content (AvgIpc) is 2.38. The molecule has 2 heteroatoms. The van der Waals surface area contributed by atoms with Gasteiger partial charge >= 0.3 is 0 Å². The molecule has 1 rings (SSSR count). The summed E-state index contributed by atoms with van der Waals surface area (Å²) >= 11 is 0. The van der Waals surface area contributed by atoms with Gasteiger partial charge in [-0.15, -0.1) is 0 Å². The lowest BCUT2D eigenvalue weighted by Crippen LogP contribution is -2.28. The molecule has 3 unspecified atom stereocenters. The van der Waals surface area contributed by atoms with Gasteiger partial charge in [0.1, 0.15) is 5.75 Å². The van der Waals surface area contributed by atoms with Gasteiger partial charge in [-0.3, -0.25) is 0 Å². The molecule has 1 aromatic rings. The fourth-order valence-electron chi connectivity index (χ4n) is 1.81. The highest BCUT2D eigenvalue weighted by Gasteiger charge is 2.09. The molecule has 0 bridgehead atoms. The topological polar surface area (TPSA) is 21.3 Å². The van der Waals surface area contributed by atoms with Crippen LogP contribution in [0.2, 0.25) is 0 Å². The highest BCUT2D eigenvalue weighted by atomic mass is 16.5. The monoisotopic (exact) mass is 249 g/mol. The van der Waals surface area contributed by atoms with Gasteiger partial charge in [-0.1, -0.05) is 26.0 Å². The molecular weight excluding hydrogens is 222 g/mol. The number of ether oxygens (including phenoxy) is 1. The number of nitrogens with one attached hydrogen (secondary N) is 1. The normalized spacial score (nSPS) is 16.1. The predicted octanol–water partition coefficient (Wildman–Crippen LogP) is 4.31. The fourth-order valence-corrected chi connectivity index (χ4v) is 1.81. The Labute approximate surface area is 112 Å². The van der Waals surface area contributed by atoms with Crippen molar-refractivity contribution in [3.63, 3.8) is 0 Å². The Hall–Kier alpha value is -1.02. The molecule has 0 heterocycles. The predicted molar refractivity (Wildman–Crippen MR) is 78.1 cm³/mol. The van der Waals surface area contributed by atoms with Gasteiger partial charge in [-0.2, -0.15) is 0 Å². The largest absolute Gasteiger partial charge is 0.491 e. The van der Waals surface area contributed by atoms with Crippen LogP contribution in [0.5, 0.6) is 5.75 Å². The molecule has 0 spiro atoms.